The number of carbonyl (C=O) groups is 2. The van der Waals surface area contributed by atoms with Gasteiger partial charge in [0, 0.05) is 12.6 Å². The van der Waals surface area contributed by atoms with Crippen molar-refractivity contribution in [3.05, 3.63) is 84.0 Å². The summed E-state index contributed by atoms with van der Waals surface area (Å²) in [6.45, 7) is 2.62. The maximum atomic E-state index is 12.4. The maximum Gasteiger partial charge on any atom is 0.244 e. The van der Waals surface area contributed by atoms with Crippen LogP contribution in [0.4, 0.5) is 0 Å². The fourth-order valence-electron chi connectivity index (χ4n) is 2.90. The van der Waals surface area contributed by atoms with Crippen LogP contribution in [-0.2, 0) is 22.7 Å². The molecular formula is C23H25N5O3. The van der Waals surface area contributed by atoms with Crippen molar-refractivity contribution in [3.63, 3.8) is 0 Å². The molecule has 0 bridgehead atoms. The molecule has 0 spiro atoms. The van der Waals surface area contributed by atoms with Crippen LogP contribution >= 0.6 is 0 Å². The van der Waals surface area contributed by atoms with E-state index >= 15 is 0 Å². The van der Waals surface area contributed by atoms with Gasteiger partial charge in [-0.05, 0) is 41.8 Å². The molecule has 0 saturated carbocycles. The molecule has 1 aromatic heterocycles. The lowest BCUT2D eigenvalue weighted by atomic mass is 10.1. The second kappa shape index (κ2) is 10.7. The van der Waals surface area contributed by atoms with E-state index in [0.717, 1.165) is 22.4 Å². The molecule has 2 N–H and O–H groups in total. The quantitative estimate of drug-likeness (QED) is 0.518. The molecule has 0 aliphatic rings. The third-order valence-electron chi connectivity index (χ3n) is 4.56. The van der Waals surface area contributed by atoms with Gasteiger partial charge in [0.15, 0.2) is 0 Å². The molecule has 0 aliphatic carbocycles. The molecule has 8 nitrogen and oxygen atoms in total. The monoisotopic (exact) mass is 419 g/mol. The van der Waals surface area contributed by atoms with Crippen LogP contribution in [0, 0.1) is 0 Å². The minimum absolute atomic E-state index is 0.257. The van der Waals surface area contributed by atoms with Gasteiger partial charge in [0.2, 0.25) is 11.8 Å². The molecule has 0 aliphatic heterocycles. The SMILES string of the molecule is COc1ccc(C=CC(=O)NC(C)C(=O)NCc2cccc(Cn3cncn3)c2)cc1. The smallest absolute Gasteiger partial charge is 0.244 e. The van der Waals surface area contributed by atoms with E-state index in [1.54, 1.807) is 31.1 Å². The average Bonchev–Trinajstić information content (AvgIpc) is 3.29. The van der Waals surface area contributed by atoms with Crippen LogP contribution in [0.15, 0.2) is 67.3 Å². The van der Waals surface area contributed by atoms with E-state index < -0.39 is 6.04 Å². The van der Waals surface area contributed by atoms with Gasteiger partial charge in [-0.3, -0.25) is 9.59 Å². The van der Waals surface area contributed by atoms with Crippen molar-refractivity contribution >= 4 is 17.9 Å². The van der Waals surface area contributed by atoms with E-state index in [-0.39, 0.29) is 11.8 Å². The Bertz CT molecular complexity index is 1030. The van der Waals surface area contributed by atoms with Gasteiger partial charge in [0.05, 0.1) is 13.7 Å². The Labute approximate surface area is 181 Å². The van der Waals surface area contributed by atoms with Gasteiger partial charge < -0.3 is 15.4 Å². The minimum atomic E-state index is -0.661. The molecule has 0 fully saturated rings. The van der Waals surface area contributed by atoms with Crippen molar-refractivity contribution in [2.75, 3.05) is 7.11 Å². The number of nitrogens with zero attached hydrogens (tertiary/aromatic N) is 3. The van der Waals surface area contributed by atoms with E-state index in [1.807, 2.05) is 48.5 Å². The molecular weight excluding hydrogens is 394 g/mol. The summed E-state index contributed by atoms with van der Waals surface area (Å²) < 4.78 is 6.84. The number of amides is 2. The van der Waals surface area contributed by atoms with Gasteiger partial charge in [-0.25, -0.2) is 9.67 Å². The standard InChI is InChI=1S/C23H25N5O3/c1-17(27-22(29)11-8-18-6-9-21(31-2)10-7-18)23(30)25-13-19-4-3-5-20(12-19)14-28-16-24-15-26-28/h3-12,15-17H,13-14H2,1-2H3,(H,25,30)(H,27,29). The van der Waals surface area contributed by atoms with E-state index in [1.165, 1.54) is 12.4 Å². The van der Waals surface area contributed by atoms with Crippen LogP contribution in [0.2, 0.25) is 0 Å². The zero-order chi connectivity index (χ0) is 22.1. The molecule has 1 atom stereocenters. The summed E-state index contributed by atoms with van der Waals surface area (Å²) in [7, 11) is 1.60. The Morgan fingerprint density at radius 3 is 2.65 bits per heavy atom. The van der Waals surface area contributed by atoms with Crippen molar-refractivity contribution in [3.8, 4) is 5.75 Å². The van der Waals surface area contributed by atoms with Crippen molar-refractivity contribution in [1.82, 2.24) is 25.4 Å². The fourth-order valence-corrected chi connectivity index (χ4v) is 2.90. The molecule has 3 aromatic rings. The topological polar surface area (TPSA) is 98.1 Å². The number of hydrogen-bond donors (Lipinski definition) is 2. The van der Waals surface area contributed by atoms with Crippen LogP contribution < -0.4 is 15.4 Å². The third kappa shape index (κ3) is 6.81. The number of hydrogen-bond acceptors (Lipinski definition) is 5. The molecule has 2 aromatic carbocycles. The molecule has 3 rings (SSSR count). The summed E-state index contributed by atoms with van der Waals surface area (Å²) >= 11 is 0. The third-order valence-corrected chi connectivity index (χ3v) is 4.56. The number of nitrogens with one attached hydrogen (secondary N) is 2. The summed E-state index contributed by atoms with van der Waals surface area (Å²) in [4.78, 5) is 28.4. The predicted molar refractivity (Wildman–Crippen MR) is 117 cm³/mol. The highest BCUT2D eigenvalue weighted by Gasteiger charge is 2.14. The molecule has 0 saturated heterocycles. The van der Waals surface area contributed by atoms with Crippen molar-refractivity contribution in [2.45, 2.75) is 26.1 Å². The van der Waals surface area contributed by atoms with Crippen molar-refractivity contribution in [1.29, 1.82) is 0 Å². The van der Waals surface area contributed by atoms with Crippen LogP contribution in [0.5, 0.6) is 5.75 Å². The Morgan fingerprint density at radius 2 is 1.94 bits per heavy atom. The summed E-state index contributed by atoms with van der Waals surface area (Å²) in [5.74, 6) is 0.150. The van der Waals surface area contributed by atoms with Gasteiger partial charge in [0.1, 0.15) is 24.4 Å². The second-order valence-electron chi connectivity index (χ2n) is 6.97. The minimum Gasteiger partial charge on any atom is -0.497 e. The van der Waals surface area contributed by atoms with Gasteiger partial charge in [0.25, 0.3) is 0 Å². The first kappa shape index (κ1) is 21.8. The summed E-state index contributed by atoms with van der Waals surface area (Å²) in [5, 5.41) is 9.61. The number of rotatable bonds is 9. The first-order chi connectivity index (χ1) is 15.0. The lowest BCUT2D eigenvalue weighted by Gasteiger charge is -2.13. The fraction of sp³-hybridized carbons (Fsp3) is 0.217. The van der Waals surface area contributed by atoms with E-state index in [4.69, 9.17) is 4.74 Å². The number of carbonyl (C=O) groups excluding carboxylic acids is 2. The molecule has 31 heavy (non-hydrogen) atoms. The number of ether oxygens (including phenoxy) is 1. The Balaban J connectivity index is 1.46. The highest BCUT2D eigenvalue weighted by atomic mass is 16.5. The van der Waals surface area contributed by atoms with Gasteiger partial charge in [-0.2, -0.15) is 5.10 Å². The number of aromatic nitrogens is 3. The molecule has 1 heterocycles. The highest BCUT2D eigenvalue weighted by molar-refractivity contribution is 5.95. The highest BCUT2D eigenvalue weighted by Crippen LogP contribution is 2.12. The zero-order valence-corrected chi connectivity index (χ0v) is 17.5. The molecule has 0 radical (unpaired) electrons. The lowest BCUT2D eigenvalue weighted by Crippen LogP contribution is -2.44. The summed E-state index contributed by atoms with van der Waals surface area (Å²) in [6.07, 6.45) is 6.23. The predicted octanol–water partition coefficient (Wildman–Crippen LogP) is 2.17. The number of benzene rings is 2. The Morgan fingerprint density at radius 1 is 1.16 bits per heavy atom. The van der Waals surface area contributed by atoms with Gasteiger partial charge in [-0.15, -0.1) is 0 Å². The number of methoxy groups -OCH3 is 1. The first-order valence-electron chi connectivity index (χ1n) is 9.84. The largest absolute Gasteiger partial charge is 0.497 e. The van der Waals surface area contributed by atoms with Gasteiger partial charge >= 0.3 is 0 Å². The van der Waals surface area contributed by atoms with Crippen LogP contribution in [0.1, 0.15) is 23.6 Å². The van der Waals surface area contributed by atoms with Crippen molar-refractivity contribution < 1.29 is 14.3 Å². The second-order valence-corrected chi connectivity index (χ2v) is 6.97. The average molecular weight is 419 g/mol. The maximum absolute atomic E-state index is 12.4. The van der Waals surface area contributed by atoms with E-state index in [0.29, 0.717) is 13.1 Å². The van der Waals surface area contributed by atoms with Gasteiger partial charge in [-0.1, -0.05) is 36.4 Å². The molecule has 1 unspecified atom stereocenters. The zero-order valence-electron chi connectivity index (χ0n) is 17.5. The summed E-state index contributed by atoms with van der Waals surface area (Å²) in [6, 6.07) is 14.5. The molecule has 8 heteroatoms. The van der Waals surface area contributed by atoms with Crippen LogP contribution in [0.25, 0.3) is 6.08 Å². The molecule has 160 valence electrons. The normalized spacial score (nSPS) is 11.8. The molecule has 2 amide bonds. The lowest BCUT2D eigenvalue weighted by molar-refractivity contribution is -0.126. The Hall–Kier alpha value is -3.94. The van der Waals surface area contributed by atoms with Crippen LogP contribution in [0.3, 0.4) is 0 Å². The first-order valence-corrected chi connectivity index (χ1v) is 9.84. The van der Waals surface area contributed by atoms with Crippen molar-refractivity contribution in [2.24, 2.45) is 0 Å². The Kier molecular flexibility index (Phi) is 7.53. The van der Waals surface area contributed by atoms with Crippen LogP contribution in [-0.4, -0.2) is 39.7 Å². The van der Waals surface area contributed by atoms with E-state index in [9.17, 15) is 9.59 Å². The summed E-state index contributed by atoms with van der Waals surface area (Å²) in [5.41, 5.74) is 2.88. The van der Waals surface area contributed by atoms with E-state index in [2.05, 4.69) is 20.7 Å².